The molecule has 2 N–H and O–H groups in total. The van der Waals surface area contributed by atoms with E-state index in [2.05, 4.69) is 15.2 Å². The van der Waals surface area contributed by atoms with E-state index >= 15 is 0 Å². The third kappa shape index (κ3) is 3.53. The molecule has 0 radical (unpaired) electrons. The number of aromatic nitrogens is 1. The zero-order valence-electron chi connectivity index (χ0n) is 12.3. The van der Waals surface area contributed by atoms with E-state index in [1.165, 1.54) is 31.7 Å². The highest BCUT2D eigenvalue weighted by Gasteiger charge is 2.27. The summed E-state index contributed by atoms with van der Waals surface area (Å²) in [6.07, 6.45) is 7.70. The summed E-state index contributed by atoms with van der Waals surface area (Å²) in [5, 5.41) is 12.4. The van der Waals surface area contributed by atoms with Gasteiger partial charge in [-0.3, -0.25) is 0 Å². The van der Waals surface area contributed by atoms with E-state index in [1.54, 1.807) is 6.07 Å². The summed E-state index contributed by atoms with van der Waals surface area (Å²) in [4.78, 5) is 17.7. The number of rotatable bonds is 4. The lowest BCUT2D eigenvalue weighted by atomic mass is 10.0. The van der Waals surface area contributed by atoms with Gasteiger partial charge in [-0.15, -0.1) is 0 Å². The van der Waals surface area contributed by atoms with Crippen molar-refractivity contribution in [1.82, 2.24) is 9.88 Å². The number of nitrogens with zero attached hydrogens (tertiary/aromatic N) is 2. The fourth-order valence-electron chi connectivity index (χ4n) is 3.52. The molecule has 0 unspecified atom stereocenters. The largest absolute Gasteiger partial charge is 0.477 e. The molecule has 1 saturated heterocycles. The van der Waals surface area contributed by atoms with Gasteiger partial charge in [0.15, 0.2) is 5.69 Å². The van der Waals surface area contributed by atoms with Crippen molar-refractivity contribution >= 4 is 11.8 Å². The zero-order chi connectivity index (χ0) is 14.7. The van der Waals surface area contributed by atoms with Crippen molar-refractivity contribution in [3.05, 3.63) is 23.9 Å². The summed E-state index contributed by atoms with van der Waals surface area (Å²) in [7, 11) is 0. The highest BCUT2D eigenvalue weighted by Crippen LogP contribution is 2.26. The van der Waals surface area contributed by atoms with Crippen LogP contribution in [0.4, 0.5) is 5.82 Å². The van der Waals surface area contributed by atoms with Crippen molar-refractivity contribution in [2.75, 3.05) is 18.4 Å². The quantitative estimate of drug-likeness (QED) is 0.892. The van der Waals surface area contributed by atoms with Crippen molar-refractivity contribution in [3.8, 4) is 0 Å². The predicted octanol–water partition coefficient (Wildman–Crippen LogP) is 2.60. The molecule has 0 atom stereocenters. The summed E-state index contributed by atoms with van der Waals surface area (Å²) in [5.41, 5.74) is 0.100. The molecule has 1 aliphatic heterocycles. The number of aromatic carboxylic acids is 1. The Balaban J connectivity index is 1.53. The predicted molar refractivity (Wildman–Crippen MR) is 81.7 cm³/mol. The monoisotopic (exact) mass is 289 g/mol. The van der Waals surface area contributed by atoms with E-state index in [0.29, 0.717) is 11.9 Å². The maximum atomic E-state index is 10.9. The van der Waals surface area contributed by atoms with Crippen LogP contribution in [0.25, 0.3) is 0 Å². The standard InChI is InChI=1S/C16H23N3O2/c20-16(21)14-6-3-7-15(18-14)17-12-8-10-19(11-9-12)13-4-1-2-5-13/h3,6-7,12-13H,1-2,4-5,8-11H2,(H,17,18)(H,20,21). The smallest absolute Gasteiger partial charge is 0.354 e. The Bertz CT molecular complexity index is 492. The van der Waals surface area contributed by atoms with Crippen LogP contribution in [0.2, 0.25) is 0 Å². The lowest BCUT2D eigenvalue weighted by molar-refractivity contribution is 0.0690. The summed E-state index contributed by atoms with van der Waals surface area (Å²) >= 11 is 0. The second-order valence-corrected chi connectivity index (χ2v) is 6.11. The Morgan fingerprint density at radius 1 is 1.19 bits per heavy atom. The molecular formula is C16H23N3O2. The number of hydrogen-bond donors (Lipinski definition) is 2. The lowest BCUT2D eigenvalue weighted by Gasteiger charge is -2.36. The van der Waals surface area contributed by atoms with E-state index in [-0.39, 0.29) is 5.69 Å². The van der Waals surface area contributed by atoms with Gasteiger partial charge in [0.2, 0.25) is 0 Å². The summed E-state index contributed by atoms with van der Waals surface area (Å²) < 4.78 is 0. The second-order valence-electron chi connectivity index (χ2n) is 6.11. The summed E-state index contributed by atoms with van der Waals surface area (Å²) in [6.45, 7) is 2.28. The van der Waals surface area contributed by atoms with Crippen LogP contribution in [0.1, 0.15) is 49.0 Å². The van der Waals surface area contributed by atoms with Gasteiger partial charge >= 0.3 is 5.97 Å². The Hall–Kier alpha value is -1.62. The molecule has 2 aliphatic rings. The molecule has 1 aromatic rings. The molecule has 0 bridgehead atoms. The topological polar surface area (TPSA) is 65.5 Å². The molecule has 21 heavy (non-hydrogen) atoms. The van der Waals surface area contributed by atoms with Crippen LogP contribution in [0.5, 0.6) is 0 Å². The van der Waals surface area contributed by atoms with Crippen LogP contribution in [0, 0.1) is 0 Å². The van der Waals surface area contributed by atoms with E-state index in [9.17, 15) is 4.79 Å². The van der Waals surface area contributed by atoms with E-state index in [1.807, 2.05) is 6.07 Å². The van der Waals surface area contributed by atoms with Gasteiger partial charge in [0.25, 0.3) is 0 Å². The highest BCUT2D eigenvalue weighted by molar-refractivity contribution is 5.85. The van der Waals surface area contributed by atoms with Crippen LogP contribution >= 0.6 is 0 Å². The third-order valence-corrected chi connectivity index (χ3v) is 4.69. The molecule has 1 aromatic heterocycles. The maximum Gasteiger partial charge on any atom is 0.354 e. The number of anilines is 1. The van der Waals surface area contributed by atoms with Crippen LogP contribution in [0.15, 0.2) is 18.2 Å². The maximum absolute atomic E-state index is 10.9. The Kier molecular flexibility index (Phi) is 4.39. The minimum absolute atomic E-state index is 0.100. The molecule has 5 heteroatoms. The van der Waals surface area contributed by atoms with Gasteiger partial charge in [0.1, 0.15) is 5.82 Å². The second kappa shape index (κ2) is 6.43. The highest BCUT2D eigenvalue weighted by atomic mass is 16.4. The molecule has 2 heterocycles. The summed E-state index contributed by atoms with van der Waals surface area (Å²) in [5.74, 6) is -0.302. The SMILES string of the molecule is O=C(O)c1cccc(NC2CCN(C3CCCC3)CC2)n1. The average molecular weight is 289 g/mol. The molecule has 3 rings (SSSR count). The first-order valence-corrected chi connectivity index (χ1v) is 7.93. The molecule has 5 nitrogen and oxygen atoms in total. The molecule has 1 aliphatic carbocycles. The van der Waals surface area contributed by atoms with Crippen molar-refractivity contribution in [2.24, 2.45) is 0 Å². The van der Waals surface area contributed by atoms with Gasteiger partial charge < -0.3 is 15.3 Å². The van der Waals surface area contributed by atoms with E-state index in [0.717, 1.165) is 32.0 Å². The Labute approximate surface area is 125 Å². The number of carboxylic acid groups (broad SMARTS) is 1. The first-order valence-electron chi connectivity index (χ1n) is 7.93. The Morgan fingerprint density at radius 3 is 2.57 bits per heavy atom. The van der Waals surface area contributed by atoms with E-state index in [4.69, 9.17) is 5.11 Å². The van der Waals surface area contributed by atoms with Gasteiger partial charge in [-0.1, -0.05) is 18.9 Å². The fourth-order valence-corrected chi connectivity index (χ4v) is 3.52. The molecule has 2 fully saturated rings. The molecule has 114 valence electrons. The number of carboxylic acids is 1. The number of pyridine rings is 1. The minimum atomic E-state index is -0.977. The molecule has 0 aromatic carbocycles. The van der Waals surface area contributed by atoms with Gasteiger partial charge in [-0.05, 0) is 37.8 Å². The van der Waals surface area contributed by atoms with Crippen LogP contribution in [-0.2, 0) is 0 Å². The number of likely N-dealkylation sites (tertiary alicyclic amines) is 1. The van der Waals surface area contributed by atoms with Gasteiger partial charge in [0.05, 0.1) is 0 Å². The van der Waals surface area contributed by atoms with Crippen LogP contribution in [0.3, 0.4) is 0 Å². The van der Waals surface area contributed by atoms with Crippen molar-refractivity contribution in [2.45, 2.75) is 50.6 Å². The van der Waals surface area contributed by atoms with Gasteiger partial charge in [-0.25, -0.2) is 9.78 Å². The zero-order valence-corrected chi connectivity index (χ0v) is 12.3. The van der Waals surface area contributed by atoms with Crippen molar-refractivity contribution in [3.63, 3.8) is 0 Å². The van der Waals surface area contributed by atoms with Crippen molar-refractivity contribution < 1.29 is 9.90 Å². The molecule has 0 spiro atoms. The average Bonchev–Trinajstić information content (AvgIpc) is 3.02. The fraction of sp³-hybridized carbons (Fsp3) is 0.625. The van der Waals surface area contributed by atoms with Crippen LogP contribution < -0.4 is 5.32 Å². The third-order valence-electron chi connectivity index (χ3n) is 4.69. The number of piperidine rings is 1. The molecule has 0 amide bonds. The number of carbonyl (C=O) groups is 1. The van der Waals surface area contributed by atoms with Gasteiger partial charge in [-0.2, -0.15) is 0 Å². The Morgan fingerprint density at radius 2 is 1.90 bits per heavy atom. The minimum Gasteiger partial charge on any atom is -0.477 e. The van der Waals surface area contributed by atoms with Gasteiger partial charge in [0, 0.05) is 25.2 Å². The molecule has 1 saturated carbocycles. The number of nitrogens with one attached hydrogen (secondary N) is 1. The number of hydrogen-bond acceptors (Lipinski definition) is 4. The lowest BCUT2D eigenvalue weighted by Crippen LogP contribution is -2.43. The summed E-state index contributed by atoms with van der Waals surface area (Å²) in [6, 6.07) is 6.32. The van der Waals surface area contributed by atoms with E-state index < -0.39 is 5.97 Å². The molecular weight excluding hydrogens is 266 g/mol. The first kappa shape index (κ1) is 14.3. The van der Waals surface area contributed by atoms with Crippen LogP contribution in [-0.4, -0.2) is 46.1 Å². The normalized spacial score (nSPS) is 21.5. The van der Waals surface area contributed by atoms with Crippen molar-refractivity contribution in [1.29, 1.82) is 0 Å². The first-order chi connectivity index (χ1) is 10.2.